The molecule has 0 saturated carbocycles. The first-order valence-electron chi connectivity index (χ1n) is 8.53. The maximum absolute atomic E-state index is 12.5. The van der Waals surface area contributed by atoms with E-state index < -0.39 is 10.0 Å². The normalized spacial score (nSPS) is 12.5. The molecule has 0 aliphatic heterocycles. The van der Waals surface area contributed by atoms with Gasteiger partial charge in [-0.3, -0.25) is 4.79 Å². The summed E-state index contributed by atoms with van der Waals surface area (Å²) < 4.78 is 28.3. The highest BCUT2D eigenvalue weighted by molar-refractivity contribution is 9.10. The van der Waals surface area contributed by atoms with Crippen LogP contribution in [0.15, 0.2) is 75.4 Å². The van der Waals surface area contributed by atoms with E-state index in [0.717, 1.165) is 14.9 Å². The molecule has 28 heavy (non-hydrogen) atoms. The number of carbonyl (C=O) groups excluding carboxylic acids is 1. The molecule has 0 fully saturated rings. The molecule has 5 nitrogen and oxygen atoms in total. The van der Waals surface area contributed by atoms with Gasteiger partial charge >= 0.3 is 0 Å². The lowest BCUT2D eigenvalue weighted by Gasteiger charge is -2.15. The summed E-state index contributed by atoms with van der Waals surface area (Å²) in [6.45, 7) is 2.14. The van der Waals surface area contributed by atoms with E-state index in [1.165, 1.54) is 35.6 Å². The SMILES string of the molecule is CC(NC(=O)c1ccc(S(=O)(=O)NCc2cccs2)cc1)c1ccc(Br)cc1. The fraction of sp³-hybridized carbons (Fsp3) is 0.150. The first-order valence-corrected chi connectivity index (χ1v) is 11.7. The van der Waals surface area contributed by atoms with Crippen molar-refractivity contribution in [1.82, 2.24) is 10.0 Å². The van der Waals surface area contributed by atoms with E-state index in [2.05, 4.69) is 26.0 Å². The molecular weight excluding hydrogens is 460 g/mol. The van der Waals surface area contributed by atoms with Gasteiger partial charge in [0, 0.05) is 21.5 Å². The van der Waals surface area contributed by atoms with Gasteiger partial charge in [0.05, 0.1) is 10.9 Å². The number of hydrogen-bond acceptors (Lipinski definition) is 4. The van der Waals surface area contributed by atoms with E-state index in [4.69, 9.17) is 0 Å². The van der Waals surface area contributed by atoms with Crippen molar-refractivity contribution >= 4 is 43.2 Å². The minimum atomic E-state index is -3.63. The Kier molecular flexibility index (Phi) is 6.66. The Hall–Kier alpha value is -2.00. The van der Waals surface area contributed by atoms with Crippen molar-refractivity contribution in [1.29, 1.82) is 0 Å². The predicted molar refractivity (Wildman–Crippen MR) is 115 cm³/mol. The van der Waals surface area contributed by atoms with Crippen molar-refractivity contribution in [3.63, 3.8) is 0 Å². The lowest BCUT2D eigenvalue weighted by molar-refractivity contribution is 0.0940. The molecule has 1 unspecified atom stereocenters. The Balaban J connectivity index is 1.64. The summed E-state index contributed by atoms with van der Waals surface area (Å²) in [5.41, 5.74) is 1.38. The number of carbonyl (C=O) groups is 1. The number of nitrogens with one attached hydrogen (secondary N) is 2. The Labute approximate surface area is 177 Å². The number of sulfonamides is 1. The summed E-state index contributed by atoms with van der Waals surface area (Å²) in [4.78, 5) is 13.5. The molecule has 0 saturated heterocycles. The van der Waals surface area contributed by atoms with Gasteiger partial charge in [0.25, 0.3) is 5.91 Å². The first-order chi connectivity index (χ1) is 13.3. The van der Waals surface area contributed by atoms with E-state index in [9.17, 15) is 13.2 Å². The third-order valence-corrected chi connectivity index (χ3v) is 6.98. The molecule has 0 bridgehead atoms. The van der Waals surface area contributed by atoms with Crippen LogP contribution in [0.1, 0.15) is 33.8 Å². The second kappa shape index (κ2) is 9.00. The largest absolute Gasteiger partial charge is 0.346 e. The molecule has 0 spiro atoms. The van der Waals surface area contributed by atoms with Gasteiger partial charge in [-0.05, 0) is 60.3 Å². The molecule has 8 heteroatoms. The number of rotatable bonds is 7. The van der Waals surface area contributed by atoms with Crippen LogP contribution in [0.3, 0.4) is 0 Å². The van der Waals surface area contributed by atoms with E-state index in [0.29, 0.717) is 5.56 Å². The quantitative estimate of drug-likeness (QED) is 0.525. The zero-order valence-electron chi connectivity index (χ0n) is 15.1. The van der Waals surface area contributed by atoms with Gasteiger partial charge in [0.2, 0.25) is 10.0 Å². The summed E-state index contributed by atoms with van der Waals surface area (Å²) in [6.07, 6.45) is 0. The molecule has 1 aromatic heterocycles. The number of thiophene rings is 1. The van der Waals surface area contributed by atoms with Gasteiger partial charge in [0.15, 0.2) is 0 Å². The van der Waals surface area contributed by atoms with Crippen molar-refractivity contribution in [3.8, 4) is 0 Å². The van der Waals surface area contributed by atoms with Crippen LogP contribution in [0.5, 0.6) is 0 Å². The van der Waals surface area contributed by atoms with Crippen LogP contribution in [-0.2, 0) is 16.6 Å². The summed E-state index contributed by atoms with van der Waals surface area (Å²) in [6, 6.07) is 17.2. The molecule has 1 amide bonds. The molecular formula is C20H19BrN2O3S2. The monoisotopic (exact) mass is 478 g/mol. The Bertz CT molecular complexity index is 1030. The van der Waals surface area contributed by atoms with Crippen LogP contribution >= 0.6 is 27.3 Å². The standard InChI is InChI=1S/C20H19BrN2O3S2/c1-14(15-4-8-17(21)9-5-15)23-20(24)16-6-10-19(11-7-16)28(25,26)22-13-18-3-2-12-27-18/h2-12,14,22H,13H2,1H3,(H,23,24). The fourth-order valence-corrected chi connectivity index (χ4v) is 4.57. The Morgan fingerprint density at radius 2 is 1.75 bits per heavy atom. The van der Waals surface area contributed by atoms with Gasteiger partial charge in [0.1, 0.15) is 0 Å². The van der Waals surface area contributed by atoms with Crippen LogP contribution in [0, 0.1) is 0 Å². The van der Waals surface area contributed by atoms with Gasteiger partial charge in [-0.25, -0.2) is 13.1 Å². The van der Waals surface area contributed by atoms with E-state index in [-0.39, 0.29) is 23.4 Å². The second-order valence-electron chi connectivity index (χ2n) is 6.17. The molecule has 0 radical (unpaired) electrons. The van der Waals surface area contributed by atoms with Crippen LogP contribution < -0.4 is 10.0 Å². The van der Waals surface area contributed by atoms with Gasteiger partial charge in [-0.15, -0.1) is 11.3 Å². The van der Waals surface area contributed by atoms with Crippen molar-refractivity contribution < 1.29 is 13.2 Å². The van der Waals surface area contributed by atoms with E-state index in [1.54, 1.807) is 0 Å². The van der Waals surface area contributed by atoms with Crippen molar-refractivity contribution in [2.75, 3.05) is 0 Å². The zero-order chi connectivity index (χ0) is 20.1. The summed E-state index contributed by atoms with van der Waals surface area (Å²) in [7, 11) is -3.63. The summed E-state index contributed by atoms with van der Waals surface area (Å²) in [5.74, 6) is -0.258. The van der Waals surface area contributed by atoms with Crippen molar-refractivity contribution in [2.45, 2.75) is 24.4 Å². The van der Waals surface area contributed by atoms with Crippen molar-refractivity contribution in [3.05, 3.63) is 86.5 Å². The highest BCUT2D eigenvalue weighted by atomic mass is 79.9. The minimum Gasteiger partial charge on any atom is -0.346 e. The van der Waals surface area contributed by atoms with Crippen LogP contribution in [-0.4, -0.2) is 14.3 Å². The smallest absolute Gasteiger partial charge is 0.251 e. The van der Waals surface area contributed by atoms with Crippen LogP contribution in [0.4, 0.5) is 0 Å². The molecule has 0 aliphatic rings. The van der Waals surface area contributed by atoms with Gasteiger partial charge in [-0.2, -0.15) is 0 Å². The van der Waals surface area contributed by atoms with Crippen LogP contribution in [0.25, 0.3) is 0 Å². The van der Waals surface area contributed by atoms with Gasteiger partial charge in [-0.1, -0.05) is 34.1 Å². The Morgan fingerprint density at radius 1 is 1.07 bits per heavy atom. The van der Waals surface area contributed by atoms with Crippen molar-refractivity contribution in [2.24, 2.45) is 0 Å². The molecule has 2 N–H and O–H groups in total. The minimum absolute atomic E-state index is 0.126. The van der Waals surface area contributed by atoms with E-state index >= 15 is 0 Å². The molecule has 2 aromatic carbocycles. The number of amides is 1. The maximum Gasteiger partial charge on any atom is 0.251 e. The zero-order valence-corrected chi connectivity index (χ0v) is 18.3. The van der Waals surface area contributed by atoms with Gasteiger partial charge < -0.3 is 5.32 Å². The highest BCUT2D eigenvalue weighted by Crippen LogP contribution is 2.18. The lowest BCUT2D eigenvalue weighted by atomic mass is 10.1. The topological polar surface area (TPSA) is 75.3 Å². The number of benzene rings is 2. The molecule has 1 atom stereocenters. The molecule has 1 heterocycles. The predicted octanol–water partition coefficient (Wildman–Crippen LogP) is 4.48. The maximum atomic E-state index is 12.5. The molecule has 0 aliphatic carbocycles. The average molecular weight is 479 g/mol. The first kappa shape index (κ1) is 20.7. The average Bonchev–Trinajstić information content (AvgIpc) is 3.21. The highest BCUT2D eigenvalue weighted by Gasteiger charge is 2.16. The summed E-state index contributed by atoms with van der Waals surface area (Å²) in [5, 5.41) is 4.81. The third kappa shape index (κ3) is 5.29. The molecule has 3 rings (SSSR count). The Morgan fingerprint density at radius 3 is 2.36 bits per heavy atom. The fourth-order valence-electron chi connectivity index (χ4n) is 2.56. The second-order valence-corrected chi connectivity index (χ2v) is 9.89. The molecule has 146 valence electrons. The summed E-state index contributed by atoms with van der Waals surface area (Å²) >= 11 is 4.87. The lowest BCUT2D eigenvalue weighted by Crippen LogP contribution is -2.27. The molecule has 3 aromatic rings. The number of hydrogen-bond donors (Lipinski definition) is 2. The number of halogens is 1. The third-order valence-electron chi connectivity index (χ3n) is 4.16. The van der Waals surface area contributed by atoms with Crippen LogP contribution in [0.2, 0.25) is 0 Å². The van der Waals surface area contributed by atoms with E-state index in [1.807, 2.05) is 48.7 Å².